The van der Waals surface area contributed by atoms with Crippen molar-refractivity contribution in [2.75, 3.05) is 11.9 Å². The van der Waals surface area contributed by atoms with Gasteiger partial charge in [0, 0.05) is 23.7 Å². The Morgan fingerprint density at radius 3 is 2.53 bits per heavy atom. The highest BCUT2D eigenvalue weighted by molar-refractivity contribution is 6.04. The summed E-state index contributed by atoms with van der Waals surface area (Å²) in [6.07, 6.45) is 3.60. The molecule has 1 aromatic heterocycles. The number of hydrogen-bond acceptors (Lipinski definition) is 4. The van der Waals surface area contributed by atoms with E-state index in [-0.39, 0.29) is 42.5 Å². The van der Waals surface area contributed by atoms with Crippen LogP contribution < -0.4 is 10.6 Å². The number of urea groups is 1. The molecule has 0 spiro atoms. The number of nitrogens with zero attached hydrogens (tertiary/aromatic N) is 3. The van der Waals surface area contributed by atoms with Gasteiger partial charge in [-0.05, 0) is 38.3 Å². The highest BCUT2D eigenvalue weighted by Crippen LogP contribution is 2.34. The summed E-state index contributed by atoms with van der Waals surface area (Å²) in [6.45, 7) is 5.19. The van der Waals surface area contributed by atoms with E-state index in [0.717, 1.165) is 31.2 Å². The van der Waals surface area contributed by atoms with Crippen molar-refractivity contribution in [1.82, 2.24) is 20.0 Å². The summed E-state index contributed by atoms with van der Waals surface area (Å²) in [7, 11) is 0. The van der Waals surface area contributed by atoms with Crippen molar-refractivity contribution in [3.63, 3.8) is 0 Å². The van der Waals surface area contributed by atoms with Crippen LogP contribution in [0.5, 0.6) is 0 Å². The van der Waals surface area contributed by atoms with Crippen LogP contribution in [0.4, 0.5) is 10.5 Å². The van der Waals surface area contributed by atoms with Crippen molar-refractivity contribution in [2.24, 2.45) is 5.92 Å². The van der Waals surface area contributed by atoms with Crippen LogP contribution in [0.15, 0.2) is 24.3 Å². The van der Waals surface area contributed by atoms with Crippen molar-refractivity contribution in [3.8, 4) is 0 Å². The molecule has 1 aliphatic carbocycles. The summed E-state index contributed by atoms with van der Waals surface area (Å²) >= 11 is 0. The number of rotatable bonds is 6. The molecule has 0 unspecified atom stereocenters. The highest BCUT2D eigenvalue weighted by atomic mass is 16.2. The Kier molecular flexibility index (Phi) is 5.57. The zero-order valence-corrected chi connectivity index (χ0v) is 17.4. The first-order valence-corrected chi connectivity index (χ1v) is 10.5. The van der Waals surface area contributed by atoms with Gasteiger partial charge in [-0.25, -0.2) is 9.48 Å². The number of fused-ring (bicyclic) bond motifs is 1. The second kappa shape index (κ2) is 8.30. The third-order valence-electron chi connectivity index (χ3n) is 5.53. The van der Waals surface area contributed by atoms with E-state index in [9.17, 15) is 14.4 Å². The molecule has 1 aliphatic heterocycles. The number of anilines is 1. The average Bonchev–Trinajstić information content (AvgIpc) is 3.39. The summed E-state index contributed by atoms with van der Waals surface area (Å²) in [6, 6.07) is 7.30. The Bertz CT molecular complexity index is 975. The van der Waals surface area contributed by atoms with Gasteiger partial charge in [0.2, 0.25) is 5.91 Å². The molecule has 1 saturated carbocycles. The molecule has 1 fully saturated rings. The van der Waals surface area contributed by atoms with Gasteiger partial charge in [-0.3, -0.25) is 9.59 Å². The molecule has 8 heteroatoms. The number of aromatic nitrogens is 2. The summed E-state index contributed by atoms with van der Waals surface area (Å²) in [4.78, 5) is 39.8. The molecule has 3 amide bonds. The number of hydrogen-bond donors (Lipinski definition) is 2. The number of nitrogens with one attached hydrogen (secondary N) is 2. The van der Waals surface area contributed by atoms with Gasteiger partial charge < -0.3 is 15.5 Å². The van der Waals surface area contributed by atoms with Gasteiger partial charge >= 0.3 is 6.03 Å². The maximum absolute atomic E-state index is 13.0. The van der Waals surface area contributed by atoms with Crippen LogP contribution in [0.1, 0.15) is 64.7 Å². The number of aryl methyl sites for hydroxylation is 1. The molecule has 8 nitrogen and oxygen atoms in total. The third kappa shape index (κ3) is 4.08. The smallest absolute Gasteiger partial charge is 0.318 e. The number of carbonyl (C=O) groups is 3. The van der Waals surface area contributed by atoms with Crippen molar-refractivity contribution in [3.05, 3.63) is 46.8 Å². The number of benzene rings is 1. The lowest BCUT2D eigenvalue weighted by atomic mass is 10.2. The normalized spacial score (nSPS) is 15.1. The topological polar surface area (TPSA) is 96.3 Å². The Balaban J connectivity index is 1.57. The standard InChI is InChI=1S/C22H27N5O3/c1-3-4-11-23-22(30)26-12-17-18(13-26)27(21(29)15-7-8-15)25-19(17)20(28)24-16-9-5-14(2)6-10-16/h5-6,9-10,15H,3-4,7-8,11-13H2,1-2H3,(H,23,30)(H,24,28). The highest BCUT2D eigenvalue weighted by Gasteiger charge is 2.38. The lowest BCUT2D eigenvalue weighted by molar-refractivity contribution is 0.0863. The first-order valence-electron chi connectivity index (χ1n) is 10.5. The Labute approximate surface area is 175 Å². The molecular formula is C22H27N5O3. The van der Waals surface area contributed by atoms with Gasteiger partial charge in [0.05, 0.1) is 18.8 Å². The predicted molar refractivity (Wildman–Crippen MR) is 112 cm³/mol. The molecule has 2 aromatic rings. The summed E-state index contributed by atoms with van der Waals surface area (Å²) < 4.78 is 1.36. The van der Waals surface area contributed by atoms with Crippen LogP contribution >= 0.6 is 0 Å². The summed E-state index contributed by atoms with van der Waals surface area (Å²) in [5.74, 6) is -0.492. The van der Waals surface area contributed by atoms with Crippen molar-refractivity contribution < 1.29 is 14.4 Å². The van der Waals surface area contributed by atoms with E-state index in [4.69, 9.17) is 0 Å². The van der Waals surface area contributed by atoms with E-state index >= 15 is 0 Å². The lowest BCUT2D eigenvalue weighted by Crippen LogP contribution is -2.37. The molecule has 158 valence electrons. The first-order chi connectivity index (χ1) is 14.5. The third-order valence-corrected chi connectivity index (χ3v) is 5.53. The Morgan fingerprint density at radius 2 is 1.87 bits per heavy atom. The molecule has 2 aliphatic rings. The lowest BCUT2D eigenvalue weighted by Gasteiger charge is -2.17. The van der Waals surface area contributed by atoms with Crippen LogP contribution in [-0.2, 0) is 13.1 Å². The van der Waals surface area contributed by atoms with E-state index in [2.05, 4.69) is 22.7 Å². The van der Waals surface area contributed by atoms with E-state index in [1.54, 1.807) is 4.90 Å². The quantitative estimate of drug-likeness (QED) is 0.716. The minimum atomic E-state index is -0.370. The fraction of sp³-hybridized carbons (Fsp3) is 0.455. The molecule has 2 N–H and O–H groups in total. The largest absolute Gasteiger partial charge is 0.338 e. The number of carbonyl (C=O) groups excluding carboxylic acids is 3. The molecule has 0 atom stereocenters. The van der Waals surface area contributed by atoms with Gasteiger partial charge in [0.15, 0.2) is 5.69 Å². The van der Waals surface area contributed by atoms with Crippen molar-refractivity contribution in [1.29, 1.82) is 0 Å². The van der Waals surface area contributed by atoms with Gasteiger partial charge in [-0.2, -0.15) is 5.10 Å². The van der Waals surface area contributed by atoms with Gasteiger partial charge in [-0.1, -0.05) is 31.0 Å². The SMILES string of the molecule is CCCCNC(=O)N1Cc2c(C(=O)Nc3ccc(C)cc3)nn(C(=O)C3CC3)c2C1. The zero-order chi connectivity index (χ0) is 21.3. The zero-order valence-electron chi connectivity index (χ0n) is 17.4. The molecule has 2 heterocycles. The molecule has 0 saturated heterocycles. The minimum Gasteiger partial charge on any atom is -0.338 e. The minimum absolute atomic E-state index is 0.0329. The van der Waals surface area contributed by atoms with Crippen LogP contribution in [0.2, 0.25) is 0 Å². The second-order valence-electron chi connectivity index (χ2n) is 8.06. The summed E-state index contributed by atoms with van der Waals surface area (Å²) in [5, 5.41) is 10.1. The maximum atomic E-state index is 13.0. The van der Waals surface area contributed by atoms with E-state index in [1.165, 1.54) is 4.68 Å². The second-order valence-corrected chi connectivity index (χ2v) is 8.06. The van der Waals surface area contributed by atoms with Gasteiger partial charge in [0.1, 0.15) is 0 Å². The van der Waals surface area contributed by atoms with Gasteiger partial charge in [-0.15, -0.1) is 0 Å². The average molecular weight is 409 g/mol. The molecular weight excluding hydrogens is 382 g/mol. The fourth-order valence-corrected chi connectivity index (χ4v) is 3.56. The molecule has 30 heavy (non-hydrogen) atoms. The summed E-state index contributed by atoms with van der Waals surface area (Å²) in [5.41, 5.74) is 3.27. The van der Waals surface area contributed by atoms with Crippen LogP contribution in [0.25, 0.3) is 0 Å². The van der Waals surface area contributed by atoms with Gasteiger partial charge in [0.25, 0.3) is 5.91 Å². The Morgan fingerprint density at radius 1 is 1.13 bits per heavy atom. The first kappa shape index (κ1) is 20.1. The number of unbranched alkanes of at least 4 members (excludes halogenated alkanes) is 1. The molecule has 0 radical (unpaired) electrons. The van der Waals surface area contributed by atoms with E-state index in [1.807, 2.05) is 31.2 Å². The van der Waals surface area contributed by atoms with Crippen LogP contribution in [0.3, 0.4) is 0 Å². The number of amides is 3. The maximum Gasteiger partial charge on any atom is 0.318 e. The van der Waals surface area contributed by atoms with Crippen molar-refractivity contribution in [2.45, 2.75) is 52.6 Å². The van der Waals surface area contributed by atoms with Crippen molar-refractivity contribution >= 4 is 23.5 Å². The van der Waals surface area contributed by atoms with Crippen LogP contribution in [0, 0.1) is 12.8 Å². The molecule has 1 aromatic carbocycles. The fourth-order valence-electron chi connectivity index (χ4n) is 3.56. The van der Waals surface area contributed by atoms with E-state index in [0.29, 0.717) is 23.5 Å². The van der Waals surface area contributed by atoms with E-state index < -0.39 is 0 Å². The molecule has 4 rings (SSSR count). The van der Waals surface area contributed by atoms with Crippen LogP contribution in [-0.4, -0.2) is 39.1 Å². The monoisotopic (exact) mass is 409 g/mol. The molecule has 0 bridgehead atoms. The Hall–Kier alpha value is -3.16. The predicted octanol–water partition coefficient (Wildman–Crippen LogP) is 3.32.